The number of aryl methyl sites for hydroxylation is 1. The Morgan fingerprint density at radius 1 is 1.18 bits per heavy atom. The Morgan fingerprint density at radius 2 is 1.92 bits per heavy atom. The lowest BCUT2D eigenvalue weighted by Crippen LogP contribution is -2.48. The lowest BCUT2D eigenvalue weighted by atomic mass is 9.62. The topological polar surface area (TPSA) is 68.1 Å². The molecule has 210 valence electrons. The minimum absolute atomic E-state index is 0.0718. The van der Waals surface area contributed by atoms with Crippen LogP contribution in [-0.4, -0.2) is 57.1 Å². The Morgan fingerprint density at radius 3 is 2.56 bits per heavy atom. The van der Waals surface area contributed by atoms with E-state index in [0.717, 1.165) is 24.2 Å². The van der Waals surface area contributed by atoms with E-state index in [2.05, 4.69) is 20.5 Å². The summed E-state index contributed by atoms with van der Waals surface area (Å²) in [7, 11) is 3.59. The van der Waals surface area contributed by atoms with Crippen LogP contribution in [0, 0.1) is 0 Å². The minimum atomic E-state index is -4.55. The zero-order valence-electron chi connectivity index (χ0n) is 22.4. The SMILES string of the molecule is COC1CC(c2cccc(NCc3ncc(C(C)N4CCC(F)CC4)cc3C(F)(F)F)c2)(c2nncn2C)C1. The molecule has 0 radical (unpaired) electrons. The molecule has 11 heteroatoms. The molecule has 0 amide bonds. The number of alkyl halides is 4. The Labute approximate surface area is 225 Å². The predicted octanol–water partition coefficient (Wildman–Crippen LogP) is 5.43. The van der Waals surface area contributed by atoms with Crippen LogP contribution in [0.15, 0.2) is 42.9 Å². The first kappa shape index (κ1) is 27.5. The number of hydrogen-bond donors (Lipinski definition) is 1. The molecule has 2 aromatic heterocycles. The zero-order chi connectivity index (χ0) is 27.8. The van der Waals surface area contributed by atoms with Gasteiger partial charge in [0.05, 0.1) is 29.3 Å². The third kappa shape index (κ3) is 5.51. The summed E-state index contributed by atoms with van der Waals surface area (Å²) >= 11 is 0. The number of rotatable bonds is 8. The van der Waals surface area contributed by atoms with Crippen molar-refractivity contribution in [1.29, 1.82) is 0 Å². The minimum Gasteiger partial charge on any atom is -0.381 e. The zero-order valence-corrected chi connectivity index (χ0v) is 22.4. The van der Waals surface area contributed by atoms with Gasteiger partial charge in [0, 0.05) is 45.2 Å². The van der Waals surface area contributed by atoms with E-state index in [1.54, 1.807) is 13.4 Å². The molecule has 3 aromatic rings. The van der Waals surface area contributed by atoms with Crippen LogP contribution < -0.4 is 5.32 Å². The Balaban J connectivity index is 1.36. The van der Waals surface area contributed by atoms with E-state index in [1.165, 1.54) is 12.3 Å². The number of benzene rings is 1. The highest BCUT2D eigenvalue weighted by atomic mass is 19.4. The monoisotopic (exact) mass is 546 g/mol. The second-order valence-electron chi connectivity index (χ2n) is 10.7. The highest BCUT2D eigenvalue weighted by Crippen LogP contribution is 2.49. The van der Waals surface area contributed by atoms with Crippen molar-refractivity contribution >= 4 is 5.69 Å². The Bertz CT molecular complexity index is 1280. The number of halogens is 4. The largest absolute Gasteiger partial charge is 0.418 e. The van der Waals surface area contributed by atoms with Gasteiger partial charge in [0.25, 0.3) is 0 Å². The average molecular weight is 547 g/mol. The molecule has 7 nitrogen and oxygen atoms in total. The standard InChI is InChI=1S/C28H34F4N6O/c1-18(38-9-7-21(29)8-10-38)19-11-24(28(30,31)32)25(34-15-19)16-33-22-6-4-5-20(12-22)27(13-23(14-27)39-3)26-36-35-17-37(26)2/h4-6,11-12,15,17-18,21,23,33H,7-10,13-14,16H2,1-3H3. The third-order valence-corrected chi connectivity index (χ3v) is 8.29. The van der Waals surface area contributed by atoms with E-state index in [9.17, 15) is 17.6 Å². The maximum absolute atomic E-state index is 14.1. The number of ether oxygens (including phenoxy) is 1. The first-order valence-electron chi connectivity index (χ1n) is 13.3. The van der Waals surface area contributed by atoms with E-state index < -0.39 is 17.9 Å². The number of anilines is 1. The second-order valence-corrected chi connectivity index (χ2v) is 10.7. The van der Waals surface area contributed by atoms with Gasteiger partial charge in [-0.05, 0) is 61.9 Å². The van der Waals surface area contributed by atoms with Gasteiger partial charge in [-0.1, -0.05) is 12.1 Å². The number of methoxy groups -OCH3 is 1. The molecule has 5 rings (SSSR count). The molecule has 1 atom stereocenters. The van der Waals surface area contributed by atoms with Crippen molar-refractivity contribution in [3.05, 3.63) is 71.1 Å². The highest BCUT2D eigenvalue weighted by Gasteiger charge is 2.50. The molecule has 39 heavy (non-hydrogen) atoms. The van der Waals surface area contributed by atoms with Crippen molar-refractivity contribution in [1.82, 2.24) is 24.6 Å². The molecule has 1 N–H and O–H groups in total. The predicted molar refractivity (Wildman–Crippen MR) is 139 cm³/mol. The molecule has 2 fully saturated rings. The van der Waals surface area contributed by atoms with Crippen LogP contribution in [0.25, 0.3) is 0 Å². The van der Waals surface area contributed by atoms with E-state index >= 15 is 0 Å². The van der Waals surface area contributed by atoms with Crippen molar-refractivity contribution < 1.29 is 22.3 Å². The van der Waals surface area contributed by atoms with Crippen LogP contribution >= 0.6 is 0 Å². The Hall–Kier alpha value is -3.05. The summed E-state index contributed by atoms with van der Waals surface area (Å²) in [5.41, 5.74) is 0.964. The van der Waals surface area contributed by atoms with Gasteiger partial charge in [0.2, 0.25) is 0 Å². The quantitative estimate of drug-likeness (QED) is 0.380. The molecule has 1 unspecified atom stereocenters. The van der Waals surface area contributed by atoms with E-state index in [0.29, 0.717) is 37.2 Å². The fourth-order valence-electron chi connectivity index (χ4n) is 5.85. The molecule has 2 aliphatic rings. The molecular formula is C28H34F4N6O. The number of nitrogens with one attached hydrogen (secondary N) is 1. The lowest BCUT2D eigenvalue weighted by molar-refractivity contribution is -0.138. The van der Waals surface area contributed by atoms with Crippen LogP contribution in [0.3, 0.4) is 0 Å². The van der Waals surface area contributed by atoms with Crippen molar-refractivity contribution in [3.63, 3.8) is 0 Å². The van der Waals surface area contributed by atoms with E-state index in [-0.39, 0.29) is 29.8 Å². The number of likely N-dealkylation sites (tertiary alicyclic amines) is 1. The summed E-state index contributed by atoms with van der Waals surface area (Å²) in [6.07, 6.45) is 0.151. The number of pyridine rings is 1. The Kier molecular flexibility index (Phi) is 7.65. The van der Waals surface area contributed by atoms with Crippen molar-refractivity contribution in [2.24, 2.45) is 7.05 Å². The smallest absolute Gasteiger partial charge is 0.381 e. The van der Waals surface area contributed by atoms with Crippen LogP contribution in [0.2, 0.25) is 0 Å². The molecule has 0 bridgehead atoms. The van der Waals surface area contributed by atoms with Gasteiger partial charge in [-0.25, -0.2) is 4.39 Å². The third-order valence-electron chi connectivity index (χ3n) is 8.29. The maximum atomic E-state index is 14.1. The summed E-state index contributed by atoms with van der Waals surface area (Å²) in [4.78, 5) is 6.25. The molecular weight excluding hydrogens is 512 g/mol. The normalized spacial score (nSPS) is 23.4. The summed E-state index contributed by atoms with van der Waals surface area (Å²) < 4.78 is 63.3. The molecule has 0 spiro atoms. The number of hydrogen-bond acceptors (Lipinski definition) is 6. The van der Waals surface area contributed by atoms with Crippen molar-refractivity contribution in [2.45, 2.75) is 69.1 Å². The van der Waals surface area contributed by atoms with Crippen LogP contribution in [0.4, 0.5) is 23.2 Å². The summed E-state index contributed by atoms with van der Waals surface area (Å²) in [5.74, 6) is 0.828. The molecule has 1 aliphatic carbocycles. The summed E-state index contributed by atoms with van der Waals surface area (Å²) in [6.45, 7) is 2.80. The van der Waals surface area contributed by atoms with Gasteiger partial charge in [-0.3, -0.25) is 9.88 Å². The number of aromatic nitrogens is 4. The van der Waals surface area contributed by atoms with Crippen LogP contribution in [-0.2, 0) is 29.9 Å². The van der Waals surface area contributed by atoms with Gasteiger partial charge in [-0.2, -0.15) is 13.2 Å². The number of piperidine rings is 1. The summed E-state index contributed by atoms with van der Waals surface area (Å²) in [6, 6.07) is 8.60. The highest BCUT2D eigenvalue weighted by molar-refractivity contribution is 5.51. The van der Waals surface area contributed by atoms with Crippen molar-refractivity contribution in [3.8, 4) is 0 Å². The van der Waals surface area contributed by atoms with E-state index in [4.69, 9.17) is 4.74 Å². The molecule has 1 aromatic carbocycles. The summed E-state index contributed by atoms with van der Waals surface area (Å²) in [5, 5.41) is 11.6. The average Bonchev–Trinajstić information content (AvgIpc) is 3.33. The van der Waals surface area contributed by atoms with Gasteiger partial charge < -0.3 is 14.6 Å². The van der Waals surface area contributed by atoms with Gasteiger partial charge in [-0.15, -0.1) is 10.2 Å². The second kappa shape index (κ2) is 10.8. The molecule has 1 saturated heterocycles. The van der Waals surface area contributed by atoms with Gasteiger partial charge in [0.1, 0.15) is 18.3 Å². The van der Waals surface area contributed by atoms with E-state index in [1.807, 2.05) is 47.7 Å². The first-order chi connectivity index (χ1) is 18.6. The first-order valence-corrected chi connectivity index (χ1v) is 13.3. The molecule has 3 heterocycles. The van der Waals surface area contributed by atoms with Gasteiger partial charge in [0.15, 0.2) is 0 Å². The fraction of sp³-hybridized carbons (Fsp3) is 0.536. The van der Waals surface area contributed by atoms with Crippen LogP contribution in [0.5, 0.6) is 0 Å². The molecule has 1 saturated carbocycles. The lowest BCUT2D eigenvalue weighted by Gasteiger charge is -2.46. The van der Waals surface area contributed by atoms with Crippen molar-refractivity contribution in [2.75, 3.05) is 25.5 Å². The molecule has 1 aliphatic heterocycles. The van der Waals surface area contributed by atoms with Crippen LogP contribution in [0.1, 0.15) is 66.9 Å². The number of nitrogens with zero attached hydrogens (tertiary/aromatic N) is 5. The van der Waals surface area contributed by atoms with Gasteiger partial charge >= 0.3 is 6.18 Å². The fourth-order valence-corrected chi connectivity index (χ4v) is 5.85. The maximum Gasteiger partial charge on any atom is 0.418 e.